The third-order valence-corrected chi connectivity index (χ3v) is 3.12. The van der Waals surface area contributed by atoms with Gasteiger partial charge in [0.2, 0.25) is 5.91 Å². The zero-order valence-electron chi connectivity index (χ0n) is 11.9. The smallest absolute Gasteiger partial charge is 0.326 e. The molecule has 6 N–H and O–H groups in total. The molecule has 0 radical (unpaired) electrons. The number of aryl methyl sites for hydroxylation is 1. The normalized spacial score (nSPS) is 13.7. The molecule has 2 aromatic heterocycles. The average Bonchev–Trinajstić information content (AvgIpc) is 2.87. The Balaban J connectivity index is 2.10. The lowest BCUT2D eigenvalue weighted by atomic mass is 10.2. The molecule has 2 atom stereocenters. The van der Waals surface area contributed by atoms with E-state index in [1.54, 1.807) is 4.57 Å². The van der Waals surface area contributed by atoms with Gasteiger partial charge in [-0.3, -0.25) is 4.79 Å². The Bertz CT molecular complexity index is 697. The first kappa shape index (κ1) is 15.6. The van der Waals surface area contributed by atoms with Crippen LogP contribution in [0.15, 0.2) is 12.7 Å². The van der Waals surface area contributed by atoms with Gasteiger partial charge in [0.1, 0.15) is 17.9 Å². The van der Waals surface area contributed by atoms with Crippen LogP contribution in [-0.4, -0.2) is 48.6 Å². The van der Waals surface area contributed by atoms with Gasteiger partial charge in [0.15, 0.2) is 11.5 Å². The summed E-state index contributed by atoms with van der Waals surface area (Å²) in [6.07, 6.45) is 2.97. The van der Waals surface area contributed by atoms with Crippen molar-refractivity contribution in [2.75, 3.05) is 5.73 Å². The molecule has 10 heteroatoms. The second-order valence-corrected chi connectivity index (χ2v) is 4.85. The van der Waals surface area contributed by atoms with Gasteiger partial charge >= 0.3 is 5.97 Å². The van der Waals surface area contributed by atoms with Crippen LogP contribution in [0.3, 0.4) is 0 Å². The Morgan fingerprint density at radius 1 is 1.41 bits per heavy atom. The van der Waals surface area contributed by atoms with E-state index in [-0.39, 0.29) is 12.2 Å². The van der Waals surface area contributed by atoms with Crippen LogP contribution in [0.4, 0.5) is 5.82 Å². The highest BCUT2D eigenvalue weighted by atomic mass is 16.4. The summed E-state index contributed by atoms with van der Waals surface area (Å²) in [6, 6.07) is -1.82. The number of anilines is 1. The molecule has 0 fully saturated rings. The summed E-state index contributed by atoms with van der Waals surface area (Å²) in [5.74, 6) is -1.40. The van der Waals surface area contributed by atoms with Gasteiger partial charge in [-0.15, -0.1) is 0 Å². The van der Waals surface area contributed by atoms with Gasteiger partial charge in [-0.1, -0.05) is 0 Å². The molecule has 2 rings (SSSR count). The standard InChI is InChI=1S/C12H17N7O3/c1-6(13)11(20)18-7(12(21)22)2-3-19-5-17-8-9(14)15-4-16-10(8)19/h4-7H,2-3,13H2,1H3,(H,18,20)(H,21,22)(H2,14,15,16)/t6-,7?/m0/s1. The number of nitrogens with two attached hydrogens (primary N) is 2. The van der Waals surface area contributed by atoms with Crippen LogP contribution in [0.1, 0.15) is 13.3 Å². The third kappa shape index (κ3) is 3.28. The lowest BCUT2D eigenvalue weighted by molar-refractivity contribution is -0.142. The zero-order chi connectivity index (χ0) is 16.3. The number of carboxylic acids is 1. The summed E-state index contributed by atoms with van der Waals surface area (Å²) in [6.45, 7) is 1.78. The van der Waals surface area contributed by atoms with Crippen molar-refractivity contribution in [3.63, 3.8) is 0 Å². The monoisotopic (exact) mass is 307 g/mol. The van der Waals surface area contributed by atoms with E-state index in [0.717, 1.165) is 0 Å². The van der Waals surface area contributed by atoms with E-state index < -0.39 is 24.0 Å². The molecular weight excluding hydrogens is 290 g/mol. The minimum Gasteiger partial charge on any atom is -0.480 e. The Morgan fingerprint density at radius 3 is 2.77 bits per heavy atom. The maximum atomic E-state index is 11.5. The number of nitrogen functional groups attached to an aromatic ring is 1. The van der Waals surface area contributed by atoms with Crippen molar-refractivity contribution in [1.29, 1.82) is 0 Å². The molecule has 2 heterocycles. The first-order valence-electron chi connectivity index (χ1n) is 6.60. The van der Waals surface area contributed by atoms with Gasteiger partial charge in [0.05, 0.1) is 12.4 Å². The number of hydrogen-bond donors (Lipinski definition) is 4. The van der Waals surface area contributed by atoms with Crippen molar-refractivity contribution in [1.82, 2.24) is 24.8 Å². The van der Waals surface area contributed by atoms with Gasteiger partial charge in [0, 0.05) is 6.54 Å². The van der Waals surface area contributed by atoms with Crippen LogP contribution >= 0.6 is 0 Å². The summed E-state index contributed by atoms with van der Waals surface area (Å²) in [4.78, 5) is 34.7. The molecule has 0 aliphatic rings. The molecule has 1 amide bonds. The number of carbonyl (C=O) groups is 2. The number of nitrogens with one attached hydrogen (secondary N) is 1. The van der Waals surface area contributed by atoms with E-state index in [4.69, 9.17) is 16.6 Å². The second kappa shape index (κ2) is 6.35. The maximum absolute atomic E-state index is 11.5. The van der Waals surface area contributed by atoms with Crippen molar-refractivity contribution in [3.05, 3.63) is 12.7 Å². The summed E-state index contributed by atoms with van der Waals surface area (Å²) in [5, 5.41) is 11.5. The van der Waals surface area contributed by atoms with E-state index >= 15 is 0 Å². The predicted octanol–water partition coefficient (Wildman–Crippen LogP) is -1.28. The number of nitrogens with zero attached hydrogens (tertiary/aromatic N) is 4. The minimum absolute atomic E-state index is 0.156. The van der Waals surface area contributed by atoms with Crippen LogP contribution < -0.4 is 16.8 Å². The molecule has 1 unspecified atom stereocenters. The van der Waals surface area contributed by atoms with Crippen molar-refractivity contribution in [2.24, 2.45) is 5.73 Å². The maximum Gasteiger partial charge on any atom is 0.326 e. The molecule has 0 aliphatic heterocycles. The molecule has 0 aliphatic carbocycles. The van der Waals surface area contributed by atoms with Crippen molar-refractivity contribution in [2.45, 2.75) is 32.0 Å². The van der Waals surface area contributed by atoms with Gasteiger partial charge in [-0.2, -0.15) is 0 Å². The Kier molecular flexibility index (Phi) is 4.51. The number of aromatic nitrogens is 4. The Morgan fingerprint density at radius 2 is 2.14 bits per heavy atom. The fourth-order valence-corrected chi connectivity index (χ4v) is 1.89. The van der Waals surface area contributed by atoms with E-state index in [1.807, 2.05) is 0 Å². The van der Waals surface area contributed by atoms with Gasteiger partial charge in [-0.05, 0) is 13.3 Å². The Labute approximate surface area is 125 Å². The van der Waals surface area contributed by atoms with E-state index in [0.29, 0.717) is 17.7 Å². The zero-order valence-corrected chi connectivity index (χ0v) is 11.9. The molecule has 0 spiro atoms. The largest absolute Gasteiger partial charge is 0.480 e. The molecule has 118 valence electrons. The molecule has 0 saturated carbocycles. The van der Waals surface area contributed by atoms with Crippen LogP contribution in [-0.2, 0) is 16.1 Å². The van der Waals surface area contributed by atoms with Crippen LogP contribution in [0.2, 0.25) is 0 Å². The lowest BCUT2D eigenvalue weighted by Gasteiger charge is -2.16. The molecular formula is C12H17N7O3. The number of imidazole rings is 1. The van der Waals surface area contributed by atoms with Crippen LogP contribution in [0, 0.1) is 0 Å². The molecule has 10 nitrogen and oxygen atoms in total. The SMILES string of the molecule is C[C@H](N)C(=O)NC(CCn1cnc2c(N)ncnc21)C(=O)O. The van der Waals surface area contributed by atoms with Crippen molar-refractivity contribution in [3.8, 4) is 0 Å². The van der Waals surface area contributed by atoms with E-state index in [2.05, 4.69) is 20.3 Å². The topological polar surface area (TPSA) is 162 Å². The van der Waals surface area contributed by atoms with Crippen molar-refractivity contribution < 1.29 is 14.7 Å². The van der Waals surface area contributed by atoms with E-state index in [9.17, 15) is 9.59 Å². The number of carbonyl (C=O) groups excluding carboxylic acids is 1. The lowest BCUT2D eigenvalue weighted by Crippen LogP contribution is -2.47. The van der Waals surface area contributed by atoms with Crippen molar-refractivity contribution >= 4 is 28.9 Å². The summed E-state index contributed by atoms with van der Waals surface area (Å²) < 4.78 is 1.65. The number of hydrogen-bond acceptors (Lipinski definition) is 7. The number of aliphatic carboxylic acids is 1. The van der Waals surface area contributed by atoms with Crippen LogP contribution in [0.5, 0.6) is 0 Å². The number of fused-ring (bicyclic) bond motifs is 1. The molecule has 22 heavy (non-hydrogen) atoms. The molecule has 0 saturated heterocycles. The number of carboxylic acid groups (broad SMARTS) is 1. The quantitative estimate of drug-likeness (QED) is 0.512. The molecule has 0 aromatic carbocycles. The predicted molar refractivity (Wildman–Crippen MR) is 77.6 cm³/mol. The first-order valence-corrected chi connectivity index (χ1v) is 6.60. The number of amides is 1. The fourth-order valence-electron chi connectivity index (χ4n) is 1.89. The van der Waals surface area contributed by atoms with Gasteiger partial charge in [-0.25, -0.2) is 19.7 Å². The van der Waals surface area contributed by atoms with E-state index in [1.165, 1.54) is 19.6 Å². The van der Waals surface area contributed by atoms with Gasteiger partial charge < -0.3 is 26.5 Å². The average molecular weight is 307 g/mol. The molecule has 2 aromatic rings. The summed E-state index contributed by atoms with van der Waals surface area (Å²) in [5.41, 5.74) is 12.1. The highest BCUT2D eigenvalue weighted by molar-refractivity contribution is 5.86. The highest BCUT2D eigenvalue weighted by Crippen LogP contribution is 2.14. The fraction of sp³-hybridized carbons (Fsp3) is 0.417. The molecule has 0 bridgehead atoms. The Hall–Kier alpha value is -2.75. The summed E-state index contributed by atoms with van der Waals surface area (Å²) in [7, 11) is 0. The van der Waals surface area contributed by atoms with Gasteiger partial charge in [0.25, 0.3) is 0 Å². The first-order chi connectivity index (χ1) is 10.4. The second-order valence-electron chi connectivity index (χ2n) is 4.85. The highest BCUT2D eigenvalue weighted by Gasteiger charge is 2.21. The number of rotatable bonds is 6. The van der Waals surface area contributed by atoms with Crippen LogP contribution in [0.25, 0.3) is 11.2 Å². The summed E-state index contributed by atoms with van der Waals surface area (Å²) >= 11 is 0. The third-order valence-electron chi connectivity index (χ3n) is 3.12. The minimum atomic E-state index is -1.13.